The van der Waals surface area contributed by atoms with E-state index in [0.717, 1.165) is 0 Å². The van der Waals surface area contributed by atoms with E-state index in [1.54, 1.807) is 6.92 Å². The normalized spacial score (nSPS) is 26.6. The van der Waals surface area contributed by atoms with Crippen LogP contribution in [0.25, 0.3) is 0 Å². The maximum absolute atomic E-state index is 12.9. The summed E-state index contributed by atoms with van der Waals surface area (Å²) >= 11 is 0. The predicted octanol–water partition coefficient (Wildman–Crippen LogP) is 2.77. The molecule has 0 aliphatic heterocycles. The van der Waals surface area contributed by atoms with Crippen LogP contribution < -0.4 is 0 Å². The second kappa shape index (κ2) is 4.71. The lowest BCUT2D eigenvalue weighted by atomic mass is 10.0. The number of carbonyl (C=O) groups is 1. The van der Waals surface area contributed by atoms with Gasteiger partial charge in [0.1, 0.15) is 0 Å². The number of esters is 1. The van der Waals surface area contributed by atoms with Gasteiger partial charge >= 0.3 is 5.97 Å². The topological polar surface area (TPSA) is 26.3 Å². The first-order valence-corrected chi connectivity index (χ1v) is 5.09. The van der Waals surface area contributed by atoms with Crippen LogP contribution in [0, 0.1) is 5.92 Å². The second-order valence-corrected chi connectivity index (χ2v) is 3.74. The molecule has 1 fully saturated rings. The van der Waals surface area contributed by atoms with Gasteiger partial charge < -0.3 is 4.74 Å². The number of rotatable bonds is 2. The molecule has 0 saturated heterocycles. The zero-order valence-electron chi connectivity index (χ0n) is 8.39. The van der Waals surface area contributed by atoms with Crippen molar-refractivity contribution in [1.82, 2.24) is 0 Å². The molecule has 1 atom stereocenters. The van der Waals surface area contributed by atoms with Crippen LogP contribution in [0.1, 0.15) is 39.0 Å². The van der Waals surface area contributed by atoms with Crippen molar-refractivity contribution in [3.05, 3.63) is 0 Å². The van der Waals surface area contributed by atoms with Crippen LogP contribution in [0.4, 0.5) is 8.78 Å². The molecule has 0 aromatic heterocycles. The highest BCUT2D eigenvalue weighted by Crippen LogP contribution is 2.34. The highest BCUT2D eigenvalue weighted by molar-refractivity contribution is 5.72. The fraction of sp³-hybridized carbons (Fsp3) is 0.900. The van der Waals surface area contributed by atoms with E-state index in [9.17, 15) is 13.6 Å². The molecule has 0 spiro atoms. The van der Waals surface area contributed by atoms with E-state index in [2.05, 4.69) is 0 Å². The molecule has 0 radical (unpaired) electrons. The summed E-state index contributed by atoms with van der Waals surface area (Å²) in [6, 6.07) is 0. The minimum Gasteiger partial charge on any atom is -0.466 e. The van der Waals surface area contributed by atoms with E-state index in [-0.39, 0.29) is 31.1 Å². The van der Waals surface area contributed by atoms with Crippen LogP contribution in [-0.4, -0.2) is 18.5 Å². The van der Waals surface area contributed by atoms with Crippen molar-refractivity contribution in [2.45, 2.75) is 45.0 Å². The Morgan fingerprint density at radius 2 is 2.14 bits per heavy atom. The van der Waals surface area contributed by atoms with E-state index < -0.39 is 5.92 Å². The standard InChI is InChI=1S/C10H16F2O2/c1-2-14-9(13)8-4-3-6-10(11,12)7-5-8/h8H,2-7H2,1H3. The molecule has 1 saturated carbocycles. The highest BCUT2D eigenvalue weighted by Gasteiger charge is 2.34. The van der Waals surface area contributed by atoms with Crippen molar-refractivity contribution >= 4 is 5.97 Å². The van der Waals surface area contributed by atoms with Gasteiger partial charge in [-0.25, -0.2) is 8.78 Å². The van der Waals surface area contributed by atoms with Crippen molar-refractivity contribution in [2.24, 2.45) is 5.92 Å². The van der Waals surface area contributed by atoms with E-state index in [0.29, 0.717) is 19.4 Å². The fourth-order valence-corrected chi connectivity index (χ4v) is 1.76. The quantitative estimate of drug-likeness (QED) is 0.513. The van der Waals surface area contributed by atoms with Crippen LogP contribution in [0.15, 0.2) is 0 Å². The van der Waals surface area contributed by atoms with Crippen molar-refractivity contribution in [1.29, 1.82) is 0 Å². The number of ether oxygens (including phenoxy) is 1. The summed E-state index contributed by atoms with van der Waals surface area (Å²) in [4.78, 5) is 11.3. The molecule has 0 amide bonds. The Bertz CT molecular complexity index is 204. The van der Waals surface area contributed by atoms with Crippen molar-refractivity contribution < 1.29 is 18.3 Å². The number of alkyl halides is 2. The largest absolute Gasteiger partial charge is 0.466 e. The summed E-state index contributed by atoms with van der Waals surface area (Å²) in [6.07, 6.45) is 0.927. The summed E-state index contributed by atoms with van der Waals surface area (Å²) in [5.74, 6) is -3.21. The molecule has 1 aliphatic carbocycles. The first kappa shape index (κ1) is 11.4. The van der Waals surface area contributed by atoms with Gasteiger partial charge in [0.25, 0.3) is 0 Å². The first-order valence-electron chi connectivity index (χ1n) is 5.09. The third kappa shape index (κ3) is 3.24. The number of halogens is 2. The molecule has 1 unspecified atom stereocenters. The monoisotopic (exact) mass is 206 g/mol. The molecule has 1 rings (SSSR count). The Kier molecular flexibility index (Phi) is 3.84. The predicted molar refractivity (Wildman–Crippen MR) is 48.2 cm³/mol. The molecule has 0 N–H and O–H groups in total. The molecule has 0 bridgehead atoms. The Labute approximate surface area is 82.6 Å². The van der Waals surface area contributed by atoms with Gasteiger partial charge in [-0.3, -0.25) is 4.79 Å². The Hall–Kier alpha value is -0.670. The molecule has 82 valence electrons. The fourth-order valence-electron chi connectivity index (χ4n) is 1.76. The second-order valence-electron chi connectivity index (χ2n) is 3.74. The van der Waals surface area contributed by atoms with Crippen molar-refractivity contribution in [3.8, 4) is 0 Å². The Morgan fingerprint density at radius 1 is 1.43 bits per heavy atom. The van der Waals surface area contributed by atoms with Gasteiger partial charge in [0.15, 0.2) is 0 Å². The number of hydrogen-bond acceptors (Lipinski definition) is 2. The van der Waals surface area contributed by atoms with E-state index in [1.807, 2.05) is 0 Å². The summed E-state index contributed by atoms with van der Waals surface area (Å²) in [6.45, 7) is 2.05. The number of carbonyl (C=O) groups excluding carboxylic acids is 1. The third-order valence-electron chi connectivity index (χ3n) is 2.57. The molecule has 0 aromatic rings. The Balaban J connectivity index is 2.45. The Morgan fingerprint density at radius 3 is 2.79 bits per heavy atom. The molecule has 1 aliphatic rings. The van der Waals surface area contributed by atoms with Crippen LogP contribution in [0.2, 0.25) is 0 Å². The van der Waals surface area contributed by atoms with Crippen LogP contribution in [0.5, 0.6) is 0 Å². The van der Waals surface area contributed by atoms with Gasteiger partial charge in [-0.1, -0.05) is 0 Å². The molecule has 2 nitrogen and oxygen atoms in total. The SMILES string of the molecule is CCOC(=O)C1CCCC(F)(F)CC1. The zero-order chi connectivity index (χ0) is 10.6. The van der Waals surface area contributed by atoms with Gasteiger partial charge in [0, 0.05) is 12.8 Å². The van der Waals surface area contributed by atoms with Gasteiger partial charge in [0.05, 0.1) is 12.5 Å². The summed E-state index contributed by atoms with van der Waals surface area (Å²) in [5.41, 5.74) is 0. The molecule has 0 heterocycles. The minimum absolute atomic E-state index is 0.0943. The summed E-state index contributed by atoms with van der Waals surface area (Å²) in [7, 11) is 0. The van der Waals surface area contributed by atoms with Gasteiger partial charge in [0.2, 0.25) is 5.92 Å². The number of hydrogen-bond donors (Lipinski definition) is 0. The van der Waals surface area contributed by atoms with Crippen LogP contribution in [-0.2, 0) is 9.53 Å². The van der Waals surface area contributed by atoms with Gasteiger partial charge in [-0.2, -0.15) is 0 Å². The van der Waals surface area contributed by atoms with E-state index >= 15 is 0 Å². The molecule has 0 aromatic carbocycles. The van der Waals surface area contributed by atoms with Crippen molar-refractivity contribution in [3.63, 3.8) is 0 Å². The van der Waals surface area contributed by atoms with Crippen LogP contribution >= 0.6 is 0 Å². The third-order valence-corrected chi connectivity index (χ3v) is 2.57. The molecular formula is C10H16F2O2. The average Bonchev–Trinajstić information content (AvgIpc) is 2.27. The smallest absolute Gasteiger partial charge is 0.308 e. The van der Waals surface area contributed by atoms with Crippen molar-refractivity contribution in [2.75, 3.05) is 6.61 Å². The van der Waals surface area contributed by atoms with Crippen LogP contribution in [0.3, 0.4) is 0 Å². The maximum Gasteiger partial charge on any atom is 0.308 e. The van der Waals surface area contributed by atoms with Gasteiger partial charge in [-0.15, -0.1) is 0 Å². The zero-order valence-corrected chi connectivity index (χ0v) is 8.39. The van der Waals surface area contributed by atoms with E-state index in [1.165, 1.54) is 0 Å². The maximum atomic E-state index is 12.9. The van der Waals surface area contributed by atoms with E-state index in [4.69, 9.17) is 4.74 Å². The minimum atomic E-state index is -2.58. The lowest BCUT2D eigenvalue weighted by molar-refractivity contribution is -0.148. The highest BCUT2D eigenvalue weighted by atomic mass is 19.3. The lowest BCUT2D eigenvalue weighted by Gasteiger charge is -2.13. The molecular weight excluding hydrogens is 190 g/mol. The van der Waals surface area contributed by atoms with Gasteiger partial charge in [-0.05, 0) is 26.2 Å². The first-order chi connectivity index (χ1) is 6.55. The molecule has 4 heteroatoms. The summed E-state index contributed by atoms with van der Waals surface area (Å²) < 4.78 is 30.7. The molecule has 14 heavy (non-hydrogen) atoms. The average molecular weight is 206 g/mol. The lowest BCUT2D eigenvalue weighted by Crippen LogP contribution is -2.18. The summed E-state index contributed by atoms with van der Waals surface area (Å²) in [5, 5.41) is 0.